The lowest BCUT2D eigenvalue weighted by molar-refractivity contribution is -0.143. The summed E-state index contributed by atoms with van der Waals surface area (Å²) >= 11 is 0. The molecule has 4 rings (SSSR count). The van der Waals surface area contributed by atoms with Crippen molar-refractivity contribution in [3.05, 3.63) is 71.4 Å². The lowest BCUT2D eigenvalue weighted by atomic mass is 9.97. The topological polar surface area (TPSA) is 82.6 Å². The lowest BCUT2D eigenvalue weighted by Crippen LogP contribution is -2.48. The van der Waals surface area contributed by atoms with Crippen LogP contribution in [0.1, 0.15) is 16.8 Å². The first-order valence-corrected chi connectivity index (χ1v) is 8.42. The van der Waals surface area contributed by atoms with Crippen molar-refractivity contribution in [3.63, 3.8) is 0 Å². The monoisotopic (exact) mass is 350 g/mol. The number of aromatic nitrogens is 1. The smallest absolute Gasteiger partial charge is 0.411 e. The highest BCUT2D eigenvalue weighted by molar-refractivity contribution is 5.88. The molecule has 0 aliphatic carbocycles. The number of carbonyl (C=O) groups excluding carboxylic acids is 1. The van der Waals surface area contributed by atoms with Gasteiger partial charge in [0.25, 0.3) is 0 Å². The molecule has 0 radical (unpaired) electrons. The number of rotatable bonds is 3. The van der Waals surface area contributed by atoms with Crippen LogP contribution in [-0.2, 0) is 29.1 Å². The second kappa shape index (κ2) is 6.55. The number of benzene rings is 2. The van der Waals surface area contributed by atoms with Crippen LogP contribution in [0.15, 0.2) is 54.6 Å². The van der Waals surface area contributed by atoms with E-state index in [1.165, 1.54) is 4.90 Å². The minimum Gasteiger partial charge on any atom is -0.480 e. The van der Waals surface area contributed by atoms with E-state index in [1.807, 2.05) is 54.6 Å². The summed E-state index contributed by atoms with van der Waals surface area (Å²) in [5.41, 5.74) is 3.62. The zero-order valence-corrected chi connectivity index (χ0v) is 14.0. The normalized spacial score (nSPS) is 16.3. The molecular weight excluding hydrogens is 332 g/mol. The third-order valence-electron chi connectivity index (χ3n) is 4.73. The summed E-state index contributed by atoms with van der Waals surface area (Å²) in [5.74, 6) is -1.03. The average molecular weight is 350 g/mol. The Morgan fingerprint density at radius 3 is 2.62 bits per heavy atom. The molecule has 0 bridgehead atoms. The summed E-state index contributed by atoms with van der Waals surface area (Å²) in [6, 6.07) is 16.1. The van der Waals surface area contributed by atoms with Gasteiger partial charge in [-0.3, -0.25) is 4.90 Å². The molecule has 3 aromatic rings. The molecule has 1 aliphatic heterocycles. The van der Waals surface area contributed by atoms with Gasteiger partial charge in [0.1, 0.15) is 12.6 Å². The fourth-order valence-corrected chi connectivity index (χ4v) is 3.42. The molecule has 0 spiro atoms. The Kier molecular flexibility index (Phi) is 4.08. The quantitative estimate of drug-likeness (QED) is 0.759. The zero-order chi connectivity index (χ0) is 18.1. The highest BCUT2D eigenvalue weighted by Crippen LogP contribution is 2.30. The average Bonchev–Trinajstić information content (AvgIpc) is 3.03. The number of H-pyrrole nitrogens is 1. The molecule has 0 fully saturated rings. The van der Waals surface area contributed by atoms with E-state index in [0.717, 1.165) is 27.7 Å². The third-order valence-corrected chi connectivity index (χ3v) is 4.73. The van der Waals surface area contributed by atoms with E-state index in [9.17, 15) is 14.7 Å². The molecule has 132 valence electrons. The van der Waals surface area contributed by atoms with Gasteiger partial charge in [0.2, 0.25) is 0 Å². The fraction of sp³-hybridized carbons (Fsp3) is 0.200. The van der Waals surface area contributed by atoms with Crippen LogP contribution in [0.2, 0.25) is 0 Å². The molecule has 2 aromatic carbocycles. The van der Waals surface area contributed by atoms with Crippen LogP contribution in [0.25, 0.3) is 10.9 Å². The molecule has 2 N–H and O–H groups in total. The maximum atomic E-state index is 12.5. The molecule has 1 aliphatic rings. The van der Waals surface area contributed by atoms with Gasteiger partial charge in [-0.15, -0.1) is 0 Å². The van der Waals surface area contributed by atoms with Crippen LogP contribution in [0.4, 0.5) is 4.79 Å². The van der Waals surface area contributed by atoms with E-state index < -0.39 is 18.1 Å². The molecule has 6 heteroatoms. The minimum atomic E-state index is -1.03. The molecule has 2 heterocycles. The largest absolute Gasteiger partial charge is 0.480 e. The molecule has 0 unspecified atom stereocenters. The van der Waals surface area contributed by atoms with Crippen LogP contribution < -0.4 is 0 Å². The van der Waals surface area contributed by atoms with Gasteiger partial charge in [0, 0.05) is 23.0 Å². The molecule has 1 amide bonds. The second-order valence-corrected chi connectivity index (χ2v) is 6.35. The Hall–Kier alpha value is -3.28. The van der Waals surface area contributed by atoms with Crippen molar-refractivity contribution < 1.29 is 19.4 Å². The van der Waals surface area contributed by atoms with Crippen molar-refractivity contribution in [2.24, 2.45) is 0 Å². The SMILES string of the molecule is O=C(O)[C@@H]1Cc2c([nH]c3ccccc23)CN1C(=O)OCc1ccccc1. The Morgan fingerprint density at radius 2 is 1.85 bits per heavy atom. The van der Waals surface area contributed by atoms with Crippen LogP contribution in [-0.4, -0.2) is 33.1 Å². The standard InChI is InChI=1S/C20H18N2O4/c23-19(24)18-10-15-14-8-4-5-9-16(14)21-17(15)11-22(18)20(25)26-12-13-6-2-1-3-7-13/h1-9,18,21H,10-12H2,(H,23,24)/t18-/m0/s1. The predicted octanol–water partition coefficient (Wildman–Crippen LogP) is 3.32. The van der Waals surface area contributed by atoms with Crippen molar-refractivity contribution in [3.8, 4) is 0 Å². The van der Waals surface area contributed by atoms with Crippen LogP contribution >= 0.6 is 0 Å². The van der Waals surface area contributed by atoms with E-state index in [-0.39, 0.29) is 19.6 Å². The number of carboxylic acid groups (broad SMARTS) is 1. The van der Waals surface area contributed by atoms with Gasteiger partial charge in [0.05, 0.1) is 6.54 Å². The van der Waals surface area contributed by atoms with Crippen molar-refractivity contribution >= 4 is 23.0 Å². The number of hydrogen-bond donors (Lipinski definition) is 2. The van der Waals surface area contributed by atoms with Crippen molar-refractivity contribution in [1.82, 2.24) is 9.88 Å². The number of ether oxygens (including phenoxy) is 1. The lowest BCUT2D eigenvalue weighted by Gasteiger charge is -2.32. The van der Waals surface area contributed by atoms with Gasteiger partial charge in [-0.25, -0.2) is 9.59 Å². The van der Waals surface area contributed by atoms with E-state index in [4.69, 9.17) is 4.74 Å². The van der Waals surface area contributed by atoms with Gasteiger partial charge in [0.15, 0.2) is 0 Å². The number of fused-ring (bicyclic) bond motifs is 3. The van der Waals surface area contributed by atoms with Crippen molar-refractivity contribution in [2.75, 3.05) is 0 Å². The summed E-state index contributed by atoms with van der Waals surface area (Å²) in [7, 11) is 0. The zero-order valence-electron chi connectivity index (χ0n) is 14.0. The number of amides is 1. The highest BCUT2D eigenvalue weighted by Gasteiger charge is 2.37. The Bertz CT molecular complexity index is 964. The van der Waals surface area contributed by atoms with E-state index in [1.54, 1.807) is 0 Å². The van der Waals surface area contributed by atoms with Crippen molar-refractivity contribution in [1.29, 1.82) is 0 Å². The van der Waals surface area contributed by atoms with Crippen LogP contribution in [0.3, 0.4) is 0 Å². The maximum absolute atomic E-state index is 12.5. The minimum absolute atomic E-state index is 0.113. The summed E-state index contributed by atoms with van der Waals surface area (Å²) in [4.78, 5) is 28.9. The van der Waals surface area contributed by atoms with Gasteiger partial charge >= 0.3 is 12.1 Å². The first-order valence-electron chi connectivity index (χ1n) is 8.42. The summed E-state index contributed by atoms with van der Waals surface area (Å²) in [6.07, 6.45) is -0.361. The van der Waals surface area contributed by atoms with Crippen molar-refractivity contribution in [2.45, 2.75) is 25.6 Å². The summed E-state index contributed by atoms with van der Waals surface area (Å²) in [6.45, 7) is 0.302. The second-order valence-electron chi connectivity index (χ2n) is 6.35. The molecule has 6 nitrogen and oxygen atoms in total. The van der Waals surface area contributed by atoms with Gasteiger partial charge in [-0.1, -0.05) is 48.5 Å². The fourth-order valence-electron chi connectivity index (χ4n) is 3.42. The third kappa shape index (κ3) is 2.90. The number of nitrogens with zero attached hydrogens (tertiary/aromatic N) is 1. The number of aliphatic carboxylic acids is 1. The van der Waals surface area contributed by atoms with Gasteiger partial charge in [-0.2, -0.15) is 0 Å². The molecule has 0 saturated heterocycles. The Morgan fingerprint density at radius 1 is 1.12 bits per heavy atom. The van der Waals surface area contributed by atoms with E-state index in [0.29, 0.717) is 0 Å². The van der Waals surface area contributed by atoms with Crippen LogP contribution in [0, 0.1) is 0 Å². The first-order chi connectivity index (χ1) is 12.6. The number of carbonyl (C=O) groups is 2. The predicted molar refractivity (Wildman–Crippen MR) is 95.6 cm³/mol. The first kappa shape index (κ1) is 16.2. The summed E-state index contributed by atoms with van der Waals surface area (Å²) in [5, 5.41) is 10.6. The Balaban J connectivity index is 1.58. The maximum Gasteiger partial charge on any atom is 0.411 e. The van der Waals surface area contributed by atoms with Gasteiger partial charge in [-0.05, 0) is 17.2 Å². The number of carboxylic acids is 1. The summed E-state index contributed by atoms with van der Waals surface area (Å²) < 4.78 is 5.35. The molecule has 0 saturated carbocycles. The molecule has 26 heavy (non-hydrogen) atoms. The number of nitrogens with one attached hydrogen (secondary N) is 1. The number of para-hydroxylation sites is 1. The van der Waals surface area contributed by atoms with E-state index in [2.05, 4.69) is 4.98 Å². The molecular formula is C20H18N2O4. The molecule has 1 aromatic heterocycles. The van der Waals surface area contributed by atoms with Gasteiger partial charge < -0.3 is 14.8 Å². The Labute approximate surface area is 150 Å². The number of aromatic amines is 1. The number of hydrogen-bond acceptors (Lipinski definition) is 3. The molecule has 1 atom stereocenters. The highest BCUT2D eigenvalue weighted by atomic mass is 16.6. The van der Waals surface area contributed by atoms with Crippen LogP contribution in [0.5, 0.6) is 0 Å². The van der Waals surface area contributed by atoms with E-state index >= 15 is 0 Å².